The molecule has 0 radical (unpaired) electrons. The number of hydrogen-bond acceptors (Lipinski definition) is 7. The van der Waals surface area contributed by atoms with Crippen LogP contribution in [0.5, 0.6) is 0 Å². The Kier molecular flexibility index (Phi) is 7.43. The van der Waals surface area contributed by atoms with Crippen molar-refractivity contribution >= 4 is 22.6 Å². The number of nitrogens with two attached hydrogens (primary N) is 1. The predicted molar refractivity (Wildman–Crippen MR) is 124 cm³/mol. The van der Waals surface area contributed by atoms with Crippen LogP contribution in [0.25, 0.3) is 16.7 Å². The van der Waals surface area contributed by atoms with Gasteiger partial charge in [-0.3, -0.25) is 9.78 Å². The Balaban J connectivity index is 0.00000141. The smallest absolute Gasteiger partial charge is 0.274 e. The SMILES string of the molecule is CC.CCCc1nc(C(=O)NCc2cccc3cccnc23)c(N)nc1-n1ncc(C)n1. The van der Waals surface area contributed by atoms with Gasteiger partial charge in [0, 0.05) is 18.1 Å². The Morgan fingerprint density at radius 1 is 1.16 bits per heavy atom. The summed E-state index contributed by atoms with van der Waals surface area (Å²) in [6, 6.07) is 9.72. The molecule has 0 aliphatic carbocycles. The topological polar surface area (TPSA) is 124 Å². The third-order valence-corrected chi connectivity index (χ3v) is 4.63. The number of fused-ring (bicyclic) bond motifs is 1. The van der Waals surface area contributed by atoms with E-state index in [2.05, 4.69) is 30.5 Å². The minimum atomic E-state index is -0.388. The summed E-state index contributed by atoms with van der Waals surface area (Å²) in [5.41, 5.74) is 9.31. The number of carbonyl (C=O) groups excluding carboxylic acids is 1. The molecule has 0 fully saturated rings. The first kappa shape index (κ1) is 22.8. The molecule has 4 rings (SSSR count). The van der Waals surface area contributed by atoms with E-state index in [4.69, 9.17) is 5.73 Å². The molecule has 1 amide bonds. The molecule has 166 valence electrons. The Morgan fingerprint density at radius 2 is 1.94 bits per heavy atom. The first-order chi connectivity index (χ1) is 15.6. The maximum absolute atomic E-state index is 12.8. The Bertz CT molecular complexity index is 1210. The van der Waals surface area contributed by atoms with E-state index in [9.17, 15) is 4.79 Å². The molecule has 0 saturated carbocycles. The highest BCUT2D eigenvalue weighted by Gasteiger charge is 2.19. The van der Waals surface area contributed by atoms with Crippen molar-refractivity contribution in [2.45, 2.75) is 47.1 Å². The molecule has 0 aliphatic heterocycles. The van der Waals surface area contributed by atoms with E-state index in [0.717, 1.165) is 28.6 Å². The lowest BCUT2D eigenvalue weighted by molar-refractivity contribution is 0.0946. The van der Waals surface area contributed by atoms with E-state index in [1.54, 1.807) is 12.4 Å². The molecule has 1 aromatic carbocycles. The molecule has 3 heterocycles. The summed E-state index contributed by atoms with van der Waals surface area (Å²) in [7, 11) is 0. The lowest BCUT2D eigenvalue weighted by Crippen LogP contribution is -2.27. The first-order valence-electron chi connectivity index (χ1n) is 10.7. The molecular weight excluding hydrogens is 404 g/mol. The number of pyridine rings is 1. The van der Waals surface area contributed by atoms with E-state index in [1.807, 2.05) is 58.0 Å². The van der Waals surface area contributed by atoms with Crippen LogP contribution < -0.4 is 11.1 Å². The standard InChI is InChI=1S/C21H22N8O.C2H6/c1-3-6-16-20(29-25-11-13(2)28-29)27-19(22)18(26-16)21(30)24-12-15-8-4-7-14-9-5-10-23-17(14)15;1-2/h4-5,7-11H,3,6,12H2,1-2H3,(H2,22,27)(H,24,30);1-2H3. The van der Waals surface area contributed by atoms with E-state index in [0.29, 0.717) is 24.5 Å². The average Bonchev–Trinajstić information content (AvgIpc) is 3.26. The number of amides is 1. The van der Waals surface area contributed by atoms with Gasteiger partial charge in [0.15, 0.2) is 17.3 Å². The maximum Gasteiger partial charge on any atom is 0.274 e. The molecule has 0 saturated heterocycles. The van der Waals surface area contributed by atoms with E-state index < -0.39 is 0 Å². The Morgan fingerprint density at radius 3 is 2.66 bits per heavy atom. The molecule has 3 aromatic heterocycles. The van der Waals surface area contributed by atoms with Crippen LogP contribution in [0, 0.1) is 6.92 Å². The Labute approximate surface area is 187 Å². The van der Waals surface area contributed by atoms with E-state index >= 15 is 0 Å². The molecule has 0 unspecified atom stereocenters. The second kappa shape index (κ2) is 10.4. The van der Waals surface area contributed by atoms with Crippen LogP contribution in [0.1, 0.15) is 54.6 Å². The third kappa shape index (κ3) is 4.88. The van der Waals surface area contributed by atoms with Crippen LogP contribution in [0.15, 0.2) is 42.7 Å². The number of carbonyl (C=O) groups is 1. The van der Waals surface area contributed by atoms with Gasteiger partial charge in [0.05, 0.1) is 23.1 Å². The zero-order valence-corrected chi connectivity index (χ0v) is 18.8. The highest BCUT2D eigenvalue weighted by molar-refractivity contribution is 5.96. The molecule has 3 N–H and O–H groups in total. The normalized spacial score (nSPS) is 10.5. The number of nitrogen functional groups attached to an aromatic ring is 1. The number of nitrogens with one attached hydrogen (secondary N) is 1. The van der Waals surface area contributed by atoms with Crippen molar-refractivity contribution in [3.8, 4) is 5.82 Å². The van der Waals surface area contributed by atoms with Crippen LogP contribution in [0.3, 0.4) is 0 Å². The zero-order valence-electron chi connectivity index (χ0n) is 18.8. The predicted octanol–water partition coefficient (Wildman–Crippen LogP) is 3.40. The van der Waals surface area contributed by atoms with Crippen molar-refractivity contribution < 1.29 is 4.79 Å². The number of aromatic nitrogens is 6. The van der Waals surface area contributed by atoms with Crippen molar-refractivity contribution in [1.29, 1.82) is 0 Å². The quantitative estimate of drug-likeness (QED) is 0.478. The minimum Gasteiger partial charge on any atom is -0.382 e. The molecular formula is C23H28N8O. The van der Waals surface area contributed by atoms with Gasteiger partial charge in [-0.25, -0.2) is 9.97 Å². The highest BCUT2D eigenvalue weighted by atomic mass is 16.1. The molecule has 4 aromatic rings. The summed E-state index contributed by atoms with van der Waals surface area (Å²) < 4.78 is 0. The lowest BCUT2D eigenvalue weighted by atomic mass is 10.1. The summed E-state index contributed by atoms with van der Waals surface area (Å²) in [5.74, 6) is 0.0899. The van der Waals surface area contributed by atoms with Gasteiger partial charge in [-0.15, -0.1) is 4.80 Å². The molecule has 9 heteroatoms. The summed E-state index contributed by atoms with van der Waals surface area (Å²) in [4.78, 5) is 27.5. The fourth-order valence-electron chi connectivity index (χ4n) is 3.22. The Hall–Kier alpha value is -3.88. The number of para-hydroxylation sites is 1. The van der Waals surface area contributed by atoms with Gasteiger partial charge in [-0.2, -0.15) is 10.2 Å². The number of benzene rings is 1. The number of nitrogens with zero attached hydrogens (tertiary/aromatic N) is 6. The van der Waals surface area contributed by atoms with Crippen LogP contribution in [0.4, 0.5) is 5.82 Å². The number of anilines is 1. The lowest BCUT2D eigenvalue weighted by Gasteiger charge is -2.12. The van der Waals surface area contributed by atoms with Gasteiger partial charge in [0.1, 0.15) is 0 Å². The van der Waals surface area contributed by atoms with Crippen molar-refractivity contribution in [2.75, 3.05) is 5.73 Å². The van der Waals surface area contributed by atoms with Gasteiger partial charge in [-0.05, 0) is 25.0 Å². The van der Waals surface area contributed by atoms with Crippen molar-refractivity contribution in [3.63, 3.8) is 0 Å². The second-order valence-corrected chi connectivity index (χ2v) is 6.93. The van der Waals surface area contributed by atoms with Gasteiger partial charge in [0.2, 0.25) is 0 Å². The largest absolute Gasteiger partial charge is 0.382 e. The fraction of sp³-hybridized carbons (Fsp3) is 0.304. The van der Waals surface area contributed by atoms with Crippen LogP contribution in [-0.2, 0) is 13.0 Å². The number of rotatable bonds is 6. The minimum absolute atomic E-state index is 0.0355. The van der Waals surface area contributed by atoms with Gasteiger partial charge in [-0.1, -0.05) is 51.5 Å². The summed E-state index contributed by atoms with van der Waals surface area (Å²) in [5, 5.41) is 12.4. The summed E-state index contributed by atoms with van der Waals surface area (Å²) in [6.45, 7) is 8.17. The molecule has 9 nitrogen and oxygen atoms in total. The average molecular weight is 433 g/mol. The maximum atomic E-state index is 12.8. The van der Waals surface area contributed by atoms with Gasteiger partial charge in [0.25, 0.3) is 5.91 Å². The van der Waals surface area contributed by atoms with E-state index in [-0.39, 0.29) is 17.4 Å². The van der Waals surface area contributed by atoms with Crippen molar-refractivity contribution in [1.82, 2.24) is 35.3 Å². The molecule has 32 heavy (non-hydrogen) atoms. The third-order valence-electron chi connectivity index (χ3n) is 4.63. The fourth-order valence-corrected chi connectivity index (χ4v) is 3.22. The molecule has 0 bridgehead atoms. The highest BCUT2D eigenvalue weighted by Crippen LogP contribution is 2.18. The number of hydrogen-bond donors (Lipinski definition) is 2. The number of aryl methyl sites for hydroxylation is 2. The molecule has 0 atom stereocenters. The van der Waals surface area contributed by atoms with Crippen LogP contribution in [0.2, 0.25) is 0 Å². The van der Waals surface area contributed by atoms with Crippen molar-refractivity contribution in [2.24, 2.45) is 0 Å². The second-order valence-electron chi connectivity index (χ2n) is 6.93. The first-order valence-corrected chi connectivity index (χ1v) is 10.7. The van der Waals surface area contributed by atoms with E-state index in [1.165, 1.54) is 4.80 Å². The van der Waals surface area contributed by atoms with Crippen molar-refractivity contribution in [3.05, 3.63) is 65.4 Å². The monoisotopic (exact) mass is 432 g/mol. The molecule has 0 spiro atoms. The summed E-state index contributed by atoms with van der Waals surface area (Å²) >= 11 is 0. The van der Waals surface area contributed by atoms with Gasteiger partial charge >= 0.3 is 0 Å². The van der Waals surface area contributed by atoms with Crippen LogP contribution in [-0.4, -0.2) is 35.9 Å². The van der Waals surface area contributed by atoms with Crippen LogP contribution >= 0.6 is 0 Å². The van der Waals surface area contributed by atoms with Gasteiger partial charge < -0.3 is 11.1 Å². The summed E-state index contributed by atoms with van der Waals surface area (Å²) in [6.07, 6.45) is 4.82. The molecule has 0 aliphatic rings. The zero-order chi connectivity index (χ0) is 23.1.